The summed E-state index contributed by atoms with van der Waals surface area (Å²) in [6.07, 6.45) is 5.41. The molecular weight excluding hydrogens is 364 g/mol. The van der Waals surface area contributed by atoms with Gasteiger partial charge in [-0.2, -0.15) is 0 Å². The van der Waals surface area contributed by atoms with Gasteiger partial charge in [-0.15, -0.1) is 0 Å². The lowest BCUT2D eigenvalue weighted by Crippen LogP contribution is -2.37. The van der Waals surface area contributed by atoms with Gasteiger partial charge in [0.05, 0.1) is 5.92 Å². The van der Waals surface area contributed by atoms with Gasteiger partial charge in [0.25, 0.3) is 0 Å². The van der Waals surface area contributed by atoms with Crippen LogP contribution in [0.3, 0.4) is 0 Å². The third kappa shape index (κ3) is 4.31. The van der Waals surface area contributed by atoms with Crippen molar-refractivity contribution in [1.29, 1.82) is 0 Å². The number of pyridine rings is 1. The number of carbonyl (C=O) groups is 2. The summed E-state index contributed by atoms with van der Waals surface area (Å²) in [5.74, 6) is -0.0681. The SMILES string of the molecule is CN1CCN(C(=O)CCc2c[nH]c3ccccc23)CC(Cc2ccccn2)C1=O. The Bertz CT molecular complexity index is 998. The van der Waals surface area contributed by atoms with Crippen molar-refractivity contribution in [3.8, 4) is 0 Å². The van der Waals surface area contributed by atoms with Crippen LogP contribution in [0.4, 0.5) is 0 Å². The molecule has 1 atom stereocenters. The molecule has 0 aliphatic carbocycles. The molecule has 1 aliphatic rings. The van der Waals surface area contributed by atoms with E-state index in [2.05, 4.69) is 16.0 Å². The van der Waals surface area contributed by atoms with Crippen LogP contribution < -0.4 is 0 Å². The molecule has 1 aromatic carbocycles. The Kier molecular flexibility index (Phi) is 5.60. The van der Waals surface area contributed by atoms with Crippen LogP contribution in [0.1, 0.15) is 17.7 Å². The number of para-hydroxylation sites is 1. The minimum absolute atomic E-state index is 0.0857. The lowest BCUT2D eigenvalue weighted by atomic mass is 10.0. The molecule has 6 nitrogen and oxygen atoms in total. The minimum atomic E-state index is -0.255. The van der Waals surface area contributed by atoms with Crippen LogP contribution in [0, 0.1) is 5.92 Å². The van der Waals surface area contributed by atoms with E-state index < -0.39 is 0 Å². The summed E-state index contributed by atoms with van der Waals surface area (Å²) >= 11 is 0. The van der Waals surface area contributed by atoms with Crippen molar-refractivity contribution in [2.24, 2.45) is 5.92 Å². The average Bonchev–Trinajstić information content (AvgIpc) is 3.11. The number of benzene rings is 1. The molecule has 2 aromatic heterocycles. The van der Waals surface area contributed by atoms with Crippen molar-refractivity contribution in [2.45, 2.75) is 19.3 Å². The first-order valence-electron chi connectivity index (χ1n) is 10.1. The summed E-state index contributed by atoms with van der Waals surface area (Å²) in [5, 5.41) is 1.17. The monoisotopic (exact) mass is 390 g/mol. The molecule has 0 bridgehead atoms. The molecule has 1 aliphatic heterocycles. The topological polar surface area (TPSA) is 69.3 Å². The minimum Gasteiger partial charge on any atom is -0.361 e. The number of H-pyrrole nitrogens is 1. The first-order valence-corrected chi connectivity index (χ1v) is 10.1. The molecule has 150 valence electrons. The van der Waals surface area contributed by atoms with Gasteiger partial charge in [-0.05, 0) is 30.2 Å². The second kappa shape index (κ2) is 8.47. The number of aryl methyl sites for hydroxylation is 1. The van der Waals surface area contributed by atoms with E-state index in [4.69, 9.17) is 0 Å². The van der Waals surface area contributed by atoms with Gasteiger partial charge in [-0.25, -0.2) is 0 Å². The molecule has 1 N–H and O–H groups in total. The van der Waals surface area contributed by atoms with Crippen LogP contribution in [0.5, 0.6) is 0 Å². The van der Waals surface area contributed by atoms with E-state index in [1.165, 1.54) is 5.39 Å². The molecule has 3 aromatic rings. The molecule has 1 saturated heterocycles. The lowest BCUT2D eigenvalue weighted by Gasteiger charge is -2.23. The number of hydrogen-bond donors (Lipinski definition) is 1. The highest BCUT2D eigenvalue weighted by Gasteiger charge is 2.30. The predicted octanol–water partition coefficient (Wildman–Crippen LogP) is 2.66. The number of nitrogens with zero attached hydrogens (tertiary/aromatic N) is 3. The molecule has 4 rings (SSSR count). The van der Waals surface area contributed by atoms with Gasteiger partial charge in [-0.3, -0.25) is 14.6 Å². The standard InChI is InChI=1S/C23H26N4O2/c1-26-12-13-27(16-18(23(26)29)14-19-6-4-5-11-24-19)22(28)10-9-17-15-25-21-8-3-2-7-20(17)21/h2-8,11,15,18,25H,9-10,12-14,16H2,1H3. The first-order chi connectivity index (χ1) is 14.1. The molecular formula is C23H26N4O2. The van der Waals surface area contributed by atoms with Crippen LogP contribution in [0.25, 0.3) is 10.9 Å². The van der Waals surface area contributed by atoms with Crippen LogP contribution in [0.2, 0.25) is 0 Å². The quantitative estimate of drug-likeness (QED) is 0.728. The summed E-state index contributed by atoms with van der Waals surface area (Å²) in [6.45, 7) is 1.59. The van der Waals surface area contributed by atoms with Crippen molar-refractivity contribution in [2.75, 3.05) is 26.7 Å². The van der Waals surface area contributed by atoms with Gasteiger partial charge in [0, 0.05) is 68.5 Å². The van der Waals surface area contributed by atoms with E-state index in [0.717, 1.165) is 16.8 Å². The molecule has 0 radical (unpaired) electrons. The lowest BCUT2D eigenvalue weighted by molar-refractivity contribution is -0.134. The van der Waals surface area contributed by atoms with E-state index in [1.807, 2.05) is 54.5 Å². The molecule has 29 heavy (non-hydrogen) atoms. The van der Waals surface area contributed by atoms with Crippen LogP contribution in [-0.4, -0.2) is 58.3 Å². The third-order valence-corrected chi connectivity index (χ3v) is 5.69. The Labute approximate surface area is 170 Å². The fraction of sp³-hybridized carbons (Fsp3) is 0.348. The largest absolute Gasteiger partial charge is 0.361 e. The number of aromatic nitrogens is 2. The summed E-state index contributed by atoms with van der Waals surface area (Å²) in [7, 11) is 1.81. The van der Waals surface area contributed by atoms with Gasteiger partial charge >= 0.3 is 0 Å². The van der Waals surface area contributed by atoms with Gasteiger partial charge in [0.2, 0.25) is 11.8 Å². The Hall–Kier alpha value is -3.15. The maximum Gasteiger partial charge on any atom is 0.227 e. The van der Waals surface area contributed by atoms with Crippen molar-refractivity contribution < 1.29 is 9.59 Å². The highest BCUT2D eigenvalue weighted by molar-refractivity contribution is 5.85. The smallest absolute Gasteiger partial charge is 0.227 e. The Morgan fingerprint density at radius 2 is 2.00 bits per heavy atom. The molecule has 2 amide bonds. The first kappa shape index (κ1) is 19.2. The zero-order valence-corrected chi connectivity index (χ0v) is 16.7. The zero-order valence-electron chi connectivity index (χ0n) is 16.7. The second-order valence-corrected chi connectivity index (χ2v) is 7.68. The van der Waals surface area contributed by atoms with Gasteiger partial charge in [0.15, 0.2) is 0 Å². The van der Waals surface area contributed by atoms with Gasteiger partial charge in [-0.1, -0.05) is 24.3 Å². The maximum atomic E-state index is 13.0. The number of amides is 2. The fourth-order valence-corrected chi connectivity index (χ4v) is 4.02. The summed E-state index contributed by atoms with van der Waals surface area (Å²) < 4.78 is 0. The number of carbonyl (C=O) groups excluding carboxylic acids is 2. The molecule has 6 heteroatoms. The van der Waals surface area contributed by atoms with Gasteiger partial charge in [0.1, 0.15) is 0 Å². The van der Waals surface area contributed by atoms with E-state index >= 15 is 0 Å². The van der Waals surface area contributed by atoms with Crippen LogP contribution in [-0.2, 0) is 22.4 Å². The highest BCUT2D eigenvalue weighted by atomic mass is 16.2. The van der Waals surface area contributed by atoms with Crippen molar-refractivity contribution >= 4 is 22.7 Å². The molecule has 1 fully saturated rings. The Balaban J connectivity index is 1.43. The van der Waals surface area contributed by atoms with Gasteiger partial charge < -0.3 is 14.8 Å². The number of likely N-dealkylation sites (N-methyl/N-ethyl adjacent to an activating group) is 1. The molecule has 0 saturated carbocycles. The van der Waals surface area contributed by atoms with Crippen molar-refractivity contribution in [3.05, 3.63) is 66.1 Å². The van der Waals surface area contributed by atoms with E-state index in [1.54, 1.807) is 11.1 Å². The summed E-state index contributed by atoms with van der Waals surface area (Å²) in [5.41, 5.74) is 3.13. The Morgan fingerprint density at radius 3 is 2.83 bits per heavy atom. The second-order valence-electron chi connectivity index (χ2n) is 7.68. The highest BCUT2D eigenvalue weighted by Crippen LogP contribution is 2.20. The van der Waals surface area contributed by atoms with Crippen molar-refractivity contribution in [1.82, 2.24) is 19.8 Å². The van der Waals surface area contributed by atoms with E-state index in [0.29, 0.717) is 38.9 Å². The zero-order chi connectivity index (χ0) is 20.2. The number of rotatable bonds is 5. The Morgan fingerprint density at radius 1 is 1.17 bits per heavy atom. The van der Waals surface area contributed by atoms with E-state index in [-0.39, 0.29) is 17.7 Å². The third-order valence-electron chi connectivity index (χ3n) is 5.69. The summed E-state index contributed by atoms with van der Waals surface area (Å²) in [6, 6.07) is 13.9. The predicted molar refractivity (Wildman–Crippen MR) is 112 cm³/mol. The maximum absolute atomic E-state index is 13.0. The van der Waals surface area contributed by atoms with Crippen LogP contribution in [0.15, 0.2) is 54.9 Å². The number of aromatic amines is 1. The molecule has 0 spiro atoms. The fourth-order valence-electron chi connectivity index (χ4n) is 4.02. The van der Waals surface area contributed by atoms with Crippen LogP contribution >= 0.6 is 0 Å². The molecule has 1 unspecified atom stereocenters. The van der Waals surface area contributed by atoms with E-state index in [9.17, 15) is 9.59 Å². The number of nitrogens with one attached hydrogen (secondary N) is 1. The normalized spacial score (nSPS) is 17.6. The number of hydrogen-bond acceptors (Lipinski definition) is 3. The average molecular weight is 390 g/mol. The van der Waals surface area contributed by atoms with Crippen molar-refractivity contribution in [3.63, 3.8) is 0 Å². The number of fused-ring (bicyclic) bond motifs is 1. The summed E-state index contributed by atoms with van der Waals surface area (Å²) in [4.78, 5) is 36.9. The molecule has 3 heterocycles.